The highest BCUT2D eigenvalue weighted by Crippen LogP contribution is 2.39. The second-order valence-electron chi connectivity index (χ2n) is 16.9. The molecule has 0 spiro atoms. The van der Waals surface area contributed by atoms with E-state index in [1.54, 1.807) is 0 Å². The lowest BCUT2D eigenvalue weighted by atomic mass is 9.79. The number of hydrogen-bond donors (Lipinski definition) is 0. The van der Waals surface area contributed by atoms with E-state index in [1.165, 1.54) is 11.1 Å². The molecule has 4 nitrogen and oxygen atoms in total. The molecule has 0 N–H and O–H groups in total. The summed E-state index contributed by atoms with van der Waals surface area (Å²) in [6.45, 7) is 15.8. The molecule has 1 heterocycles. The van der Waals surface area contributed by atoms with Crippen LogP contribution in [0.25, 0.3) is 23.3 Å². The van der Waals surface area contributed by atoms with E-state index in [-0.39, 0.29) is 18.3 Å². The van der Waals surface area contributed by atoms with Gasteiger partial charge in [-0.1, -0.05) is 166 Å². The van der Waals surface area contributed by atoms with Gasteiger partial charge in [-0.05, 0) is 189 Å². The highest BCUT2D eigenvalue weighted by atomic mass is 79.9. The molecule has 0 radical (unpaired) electrons. The van der Waals surface area contributed by atoms with Gasteiger partial charge in [0, 0.05) is 56.5 Å². The first-order valence-corrected chi connectivity index (χ1v) is 25.9. The van der Waals surface area contributed by atoms with Gasteiger partial charge in [0.25, 0.3) is 0 Å². The van der Waals surface area contributed by atoms with Gasteiger partial charge in [-0.15, -0.1) is 0 Å². The molecule has 8 aromatic rings. The molecule has 0 saturated carbocycles. The Morgan fingerprint density at radius 1 is 0.353 bits per heavy atom. The predicted octanol–water partition coefficient (Wildman–Crippen LogP) is 19.1. The summed E-state index contributed by atoms with van der Waals surface area (Å²) in [4.78, 5) is 4.48. The molecule has 0 bridgehead atoms. The Balaban J connectivity index is 0.000000157. The van der Waals surface area contributed by atoms with Crippen LogP contribution < -0.4 is 15.3 Å². The highest BCUT2D eigenvalue weighted by molar-refractivity contribution is 9.11. The first-order valence-electron chi connectivity index (χ1n) is 21.9. The van der Waals surface area contributed by atoms with Crippen molar-refractivity contribution < 1.29 is 9.31 Å². The molecule has 9 rings (SSSR count). The van der Waals surface area contributed by atoms with Crippen LogP contribution in [0.2, 0.25) is 0 Å². The van der Waals surface area contributed by atoms with E-state index < -0.39 is 0 Å². The topological polar surface area (TPSA) is 24.9 Å². The predicted molar refractivity (Wildman–Crippen MR) is 309 cm³/mol. The van der Waals surface area contributed by atoms with Gasteiger partial charge in [-0.2, -0.15) is 0 Å². The van der Waals surface area contributed by atoms with Gasteiger partial charge in [0.15, 0.2) is 0 Å². The normalized spacial score (nSPS) is 13.3. The zero-order chi connectivity index (χ0) is 48.4. The van der Waals surface area contributed by atoms with Crippen LogP contribution in [0, 0.1) is 0 Å². The Bertz CT molecular complexity index is 2720. The van der Waals surface area contributed by atoms with Crippen molar-refractivity contribution in [2.24, 2.45) is 0 Å². The SMILES string of the molecule is Brc1ccc(N(c2ccc(Br)cc2)c2ccc(Br)cc2)cc1.C=Cc1ccc(-c2ccc(N(c3ccc(Br)cc3)c3ccc(Br)cc3)cc2)cc1.C=Cc1ccc(B2OC(C)(C)C(C)(C)O2)cc1. The molecule has 1 saturated heterocycles. The Kier molecular flexibility index (Phi) is 17.4. The van der Waals surface area contributed by atoms with Crippen molar-refractivity contribution in [1.82, 2.24) is 0 Å². The lowest BCUT2D eigenvalue weighted by Crippen LogP contribution is -2.41. The zero-order valence-corrected chi connectivity index (χ0v) is 46.2. The van der Waals surface area contributed by atoms with Gasteiger partial charge < -0.3 is 19.1 Å². The average Bonchev–Trinajstić information content (AvgIpc) is 3.58. The van der Waals surface area contributed by atoms with Crippen LogP contribution in [-0.4, -0.2) is 18.3 Å². The van der Waals surface area contributed by atoms with E-state index in [9.17, 15) is 0 Å². The Morgan fingerprint density at radius 2 is 0.574 bits per heavy atom. The molecule has 10 heteroatoms. The highest BCUT2D eigenvalue weighted by Gasteiger charge is 2.51. The van der Waals surface area contributed by atoms with Crippen LogP contribution in [0.5, 0.6) is 0 Å². The molecule has 1 aliphatic rings. The molecule has 0 aromatic heterocycles. The number of hydrogen-bond acceptors (Lipinski definition) is 4. The fraction of sp³-hybridized carbons (Fsp3) is 0.103. The minimum Gasteiger partial charge on any atom is -0.399 e. The molecule has 342 valence electrons. The van der Waals surface area contributed by atoms with Gasteiger partial charge in [-0.25, -0.2) is 0 Å². The third kappa shape index (κ3) is 13.1. The van der Waals surface area contributed by atoms with Crippen molar-refractivity contribution in [3.63, 3.8) is 0 Å². The summed E-state index contributed by atoms with van der Waals surface area (Å²) in [5.41, 5.74) is 11.8. The maximum atomic E-state index is 5.98. The summed E-state index contributed by atoms with van der Waals surface area (Å²) in [7, 11) is -0.279. The number of benzene rings is 8. The minimum absolute atomic E-state index is 0.279. The van der Waals surface area contributed by atoms with Gasteiger partial charge in [0.05, 0.1) is 11.2 Å². The van der Waals surface area contributed by atoms with E-state index in [0.29, 0.717) is 0 Å². The van der Waals surface area contributed by atoms with Crippen LogP contribution in [0.1, 0.15) is 38.8 Å². The fourth-order valence-corrected chi connectivity index (χ4v) is 8.55. The van der Waals surface area contributed by atoms with E-state index >= 15 is 0 Å². The number of halogens is 5. The lowest BCUT2D eigenvalue weighted by Gasteiger charge is -2.32. The largest absolute Gasteiger partial charge is 0.494 e. The van der Waals surface area contributed by atoms with Crippen LogP contribution in [0.15, 0.2) is 230 Å². The Labute approximate surface area is 444 Å². The van der Waals surface area contributed by atoms with Gasteiger partial charge in [0.1, 0.15) is 0 Å². The molecular formula is C58H50BBr5N2O2. The molecule has 0 amide bonds. The maximum absolute atomic E-state index is 5.98. The summed E-state index contributed by atoms with van der Waals surface area (Å²) in [6, 6.07) is 66.9. The molecule has 8 aromatic carbocycles. The van der Waals surface area contributed by atoms with Crippen LogP contribution >= 0.6 is 79.6 Å². The summed E-state index contributed by atoms with van der Waals surface area (Å²) >= 11 is 17.5. The smallest absolute Gasteiger partial charge is 0.399 e. The first kappa shape index (κ1) is 51.1. The van der Waals surface area contributed by atoms with Gasteiger partial charge in [-0.3, -0.25) is 0 Å². The van der Waals surface area contributed by atoms with E-state index in [0.717, 1.165) is 73.1 Å². The van der Waals surface area contributed by atoms with E-state index in [1.807, 2.05) is 36.4 Å². The summed E-state index contributed by atoms with van der Waals surface area (Å²) in [6.07, 6.45) is 3.69. The minimum atomic E-state index is -0.283. The maximum Gasteiger partial charge on any atom is 0.494 e. The molecule has 0 aliphatic carbocycles. The van der Waals surface area contributed by atoms with Crippen molar-refractivity contribution in [3.8, 4) is 11.1 Å². The molecule has 0 unspecified atom stereocenters. The van der Waals surface area contributed by atoms with E-state index in [2.05, 4.69) is 300 Å². The molecule has 1 aliphatic heterocycles. The zero-order valence-electron chi connectivity index (χ0n) is 38.2. The Hall–Kier alpha value is -4.78. The summed E-state index contributed by atoms with van der Waals surface area (Å²) < 4.78 is 17.3. The van der Waals surface area contributed by atoms with Crippen LogP contribution in [-0.2, 0) is 9.31 Å². The molecular weight excluding hydrogens is 1170 g/mol. The fourth-order valence-electron chi connectivity index (χ4n) is 7.23. The Morgan fingerprint density at radius 3 is 0.824 bits per heavy atom. The van der Waals surface area contributed by atoms with Crippen molar-refractivity contribution >= 4 is 139 Å². The summed E-state index contributed by atoms with van der Waals surface area (Å²) in [5.74, 6) is 0. The van der Waals surface area contributed by atoms with Gasteiger partial charge >= 0.3 is 7.12 Å². The van der Waals surface area contributed by atoms with Crippen LogP contribution in [0.3, 0.4) is 0 Å². The van der Waals surface area contributed by atoms with Crippen LogP contribution in [0.4, 0.5) is 34.1 Å². The van der Waals surface area contributed by atoms with Crippen molar-refractivity contribution in [2.75, 3.05) is 9.80 Å². The molecule has 0 atom stereocenters. The van der Waals surface area contributed by atoms with Crippen molar-refractivity contribution in [1.29, 1.82) is 0 Å². The summed E-state index contributed by atoms with van der Waals surface area (Å²) in [5, 5.41) is 0. The monoisotopic (exact) mass is 1210 g/mol. The van der Waals surface area contributed by atoms with Crippen molar-refractivity contribution in [2.45, 2.75) is 38.9 Å². The molecule has 68 heavy (non-hydrogen) atoms. The average molecular weight is 1220 g/mol. The van der Waals surface area contributed by atoms with E-state index in [4.69, 9.17) is 9.31 Å². The number of rotatable bonds is 10. The number of anilines is 6. The quantitative estimate of drug-likeness (QED) is 0.127. The number of nitrogens with zero attached hydrogens (tertiary/aromatic N) is 2. The first-order chi connectivity index (χ1) is 32.6. The molecule has 1 fully saturated rings. The second-order valence-corrected chi connectivity index (χ2v) is 21.5. The van der Waals surface area contributed by atoms with Crippen molar-refractivity contribution in [3.05, 3.63) is 241 Å². The van der Waals surface area contributed by atoms with Gasteiger partial charge in [0.2, 0.25) is 0 Å². The third-order valence-electron chi connectivity index (χ3n) is 11.7. The third-order valence-corrected chi connectivity index (χ3v) is 14.4. The second kappa shape index (κ2) is 23.2. The standard InChI is InChI=1S/C26H19Br2N.C18H12Br3N.C14H19BO2/c1-2-19-3-5-20(6-4-19)21-7-13-24(14-8-21)29(25-15-9-22(27)10-16-25)26-17-11-23(28)12-18-26;19-13-1-7-16(8-2-13)22(17-9-3-14(20)4-10-17)18-11-5-15(21)6-12-18;1-6-11-7-9-12(10-8-11)15-16-13(2,3)14(4,5)17-15/h2-18H,1H2;1-12H;6-10H,1H2,2-5H3. The lowest BCUT2D eigenvalue weighted by molar-refractivity contribution is 0.00578.